The van der Waals surface area contributed by atoms with Gasteiger partial charge in [-0.1, -0.05) is 57.4 Å². The molecule has 2 N–H and O–H groups in total. The fourth-order valence-electron chi connectivity index (χ4n) is 10.4. The zero-order chi connectivity index (χ0) is 42.6. The van der Waals surface area contributed by atoms with Crippen LogP contribution in [0.15, 0.2) is 107 Å². The predicted molar refractivity (Wildman–Crippen MR) is 239 cm³/mol. The number of benzene rings is 4. The Labute approximate surface area is 368 Å². The topological polar surface area (TPSA) is 134 Å². The Balaban J connectivity index is 1.05. The van der Waals surface area contributed by atoms with Crippen molar-refractivity contribution in [3.8, 4) is 22.1 Å². The highest BCUT2D eigenvalue weighted by Crippen LogP contribution is 2.65. The minimum absolute atomic E-state index is 0.153. The van der Waals surface area contributed by atoms with Crippen LogP contribution >= 0.6 is 38.9 Å². The van der Waals surface area contributed by atoms with E-state index in [2.05, 4.69) is 21.2 Å². The van der Waals surface area contributed by atoms with Gasteiger partial charge in [0, 0.05) is 50.2 Å². The van der Waals surface area contributed by atoms with Crippen LogP contribution in [0.25, 0.3) is 20.7 Å². The number of hydrogen-bond acceptors (Lipinski definition) is 9. The maximum Gasteiger partial charge on any atom is 0.242 e. The van der Waals surface area contributed by atoms with E-state index in [-0.39, 0.29) is 36.2 Å². The van der Waals surface area contributed by atoms with Crippen LogP contribution in [0.2, 0.25) is 5.02 Å². The van der Waals surface area contributed by atoms with Gasteiger partial charge in [0.1, 0.15) is 11.5 Å². The number of amides is 4. The van der Waals surface area contributed by atoms with Crippen LogP contribution in [0, 0.1) is 36.0 Å². The van der Waals surface area contributed by atoms with Gasteiger partial charge < -0.3 is 15.2 Å². The summed E-state index contributed by atoms with van der Waals surface area (Å²) < 4.78 is 8.78. The van der Waals surface area contributed by atoms with Gasteiger partial charge in [0.05, 0.1) is 40.8 Å². The number of imide groups is 2. The second-order valence-electron chi connectivity index (χ2n) is 16.5. The zero-order valence-corrected chi connectivity index (χ0v) is 36.6. The number of aromatic nitrogens is 2. The van der Waals surface area contributed by atoms with Crippen LogP contribution in [0.5, 0.6) is 11.5 Å². The summed E-state index contributed by atoms with van der Waals surface area (Å²) in [6, 6.07) is 27.8. The second-order valence-corrected chi connectivity index (χ2v) is 18.9. The van der Waals surface area contributed by atoms with Gasteiger partial charge in [0.2, 0.25) is 23.6 Å². The average Bonchev–Trinajstić information content (AvgIpc) is 3.92. The van der Waals surface area contributed by atoms with E-state index < -0.39 is 46.8 Å². The van der Waals surface area contributed by atoms with Gasteiger partial charge in [-0.2, -0.15) is 5.10 Å². The molecule has 6 aromatic rings. The van der Waals surface area contributed by atoms with Crippen molar-refractivity contribution in [1.29, 1.82) is 0 Å². The number of aryl methyl sites for hydroxylation is 2. The van der Waals surface area contributed by atoms with E-state index in [0.29, 0.717) is 32.3 Å². The number of phenols is 1. The lowest BCUT2D eigenvalue weighted by Gasteiger charge is -2.49. The molecule has 4 heterocycles. The van der Waals surface area contributed by atoms with Crippen molar-refractivity contribution in [2.24, 2.45) is 36.1 Å². The molecule has 0 bridgehead atoms. The quantitative estimate of drug-likeness (QED) is 0.120. The van der Waals surface area contributed by atoms with Gasteiger partial charge in [-0.15, -0.1) is 11.3 Å². The van der Waals surface area contributed by atoms with Gasteiger partial charge >= 0.3 is 0 Å². The number of fused-ring (bicyclic) bond motifs is 5. The molecule has 2 aromatic heterocycles. The molecule has 14 heteroatoms. The van der Waals surface area contributed by atoms with Crippen molar-refractivity contribution in [1.82, 2.24) is 9.78 Å². The SMILES string of the molecule is COc1cc(Br)cc(C2C3=CCC4C(=O)N(c5ccc(Nc6ccccc6)cc5)C(=O)C4C3CC3C(=O)N(c4cc(-c5sc6ccc(Cl)cc6c5C)nn4C)C(=O)C32C)c1O. The fraction of sp³-hybridized carbons (Fsp3) is 0.255. The highest BCUT2D eigenvalue weighted by molar-refractivity contribution is 9.10. The number of methoxy groups -OCH3 is 1. The van der Waals surface area contributed by atoms with Gasteiger partial charge in [-0.25, -0.2) is 4.90 Å². The third kappa shape index (κ3) is 5.91. The van der Waals surface area contributed by atoms with Gasteiger partial charge in [0.25, 0.3) is 0 Å². The Morgan fingerprint density at radius 1 is 0.918 bits per heavy atom. The van der Waals surface area contributed by atoms with E-state index in [1.807, 2.05) is 73.7 Å². The summed E-state index contributed by atoms with van der Waals surface area (Å²) in [6.45, 7) is 3.79. The van der Waals surface area contributed by atoms with Crippen LogP contribution in [0.1, 0.15) is 36.8 Å². The highest BCUT2D eigenvalue weighted by atomic mass is 79.9. The Hall–Kier alpha value is -5.76. The van der Waals surface area contributed by atoms with Crippen molar-refractivity contribution in [2.45, 2.75) is 32.6 Å². The molecule has 61 heavy (non-hydrogen) atoms. The van der Waals surface area contributed by atoms with Crippen molar-refractivity contribution in [2.75, 3.05) is 22.2 Å². The number of rotatable bonds is 7. The molecule has 2 aliphatic heterocycles. The molecule has 2 saturated heterocycles. The largest absolute Gasteiger partial charge is 0.504 e. The molecule has 6 unspecified atom stereocenters. The number of aromatic hydroxyl groups is 1. The fourth-order valence-corrected chi connectivity index (χ4v) is 12.2. The number of allylic oxidation sites excluding steroid dienone is 2. The number of hydrogen-bond donors (Lipinski definition) is 2. The number of carbonyl (C=O) groups excluding carboxylic acids is 4. The van der Waals surface area contributed by atoms with E-state index in [9.17, 15) is 14.7 Å². The third-order valence-corrected chi connectivity index (χ3v) is 15.3. The first-order chi connectivity index (χ1) is 29.3. The molecule has 308 valence electrons. The lowest BCUT2D eigenvalue weighted by Crippen LogP contribution is -2.49. The maximum absolute atomic E-state index is 15.3. The van der Waals surface area contributed by atoms with Crippen LogP contribution in [-0.4, -0.2) is 45.6 Å². The predicted octanol–water partition coefficient (Wildman–Crippen LogP) is 9.92. The molecule has 4 aliphatic rings. The minimum atomic E-state index is -1.41. The van der Waals surface area contributed by atoms with E-state index in [1.165, 1.54) is 16.9 Å². The number of halogens is 2. The van der Waals surface area contributed by atoms with Crippen molar-refractivity contribution in [3.05, 3.63) is 123 Å². The number of para-hydroxylation sites is 1. The first kappa shape index (κ1) is 39.4. The second kappa shape index (κ2) is 14.4. The number of nitrogens with one attached hydrogen (secondary N) is 1. The molecule has 0 radical (unpaired) electrons. The first-order valence-electron chi connectivity index (χ1n) is 20.0. The number of carbonyl (C=O) groups is 4. The monoisotopic (exact) mass is 915 g/mol. The van der Waals surface area contributed by atoms with Crippen molar-refractivity contribution < 1.29 is 29.0 Å². The van der Waals surface area contributed by atoms with E-state index in [1.54, 1.807) is 60.3 Å². The maximum atomic E-state index is 15.3. The molecule has 3 fully saturated rings. The molecule has 4 aromatic carbocycles. The molecule has 0 spiro atoms. The zero-order valence-electron chi connectivity index (χ0n) is 33.5. The van der Waals surface area contributed by atoms with Crippen molar-refractivity contribution >= 4 is 95.5 Å². The summed E-state index contributed by atoms with van der Waals surface area (Å²) in [7, 11) is 3.16. The Kier molecular flexibility index (Phi) is 9.31. The van der Waals surface area contributed by atoms with Crippen LogP contribution < -0.4 is 19.9 Å². The molecule has 10 rings (SSSR count). The lowest BCUT2D eigenvalue weighted by molar-refractivity contribution is -0.131. The Morgan fingerprint density at radius 3 is 2.39 bits per heavy atom. The van der Waals surface area contributed by atoms with Crippen molar-refractivity contribution in [3.63, 3.8) is 0 Å². The minimum Gasteiger partial charge on any atom is -0.504 e. The molecule has 1 saturated carbocycles. The van der Waals surface area contributed by atoms with E-state index in [0.717, 1.165) is 37.5 Å². The normalized spacial score (nSPS) is 24.6. The summed E-state index contributed by atoms with van der Waals surface area (Å²) in [5.41, 5.74) is 3.48. The van der Waals surface area contributed by atoms with Crippen LogP contribution in [0.3, 0.4) is 0 Å². The summed E-state index contributed by atoms with van der Waals surface area (Å²) in [5.74, 6) is -5.00. The lowest BCUT2D eigenvalue weighted by atomic mass is 9.51. The number of phenolic OH excluding ortho intramolecular Hbond substituents is 1. The van der Waals surface area contributed by atoms with Crippen LogP contribution in [-0.2, 0) is 26.2 Å². The van der Waals surface area contributed by atoms with Crippen LogP contribution in [0.4, 0.5) is 22.9 Å². The standard InChI is InChI=1S/C47H39BrClN5O6S/c1-23-31-20-25(49)10-17-37(31)61-42(23)35-22-38(52(3)51-35)54-44(57)34-21-32-29(40(47(34,2)46(54)59)33-18-24(48)19-36(60-4)41(33)55)15-16-30-39(32)45(58)53(43(30)56)28-13-11-27(12-14-28)50-26-8-6-5-7-9-26/h5-15,17-20,22,30,32,34,39-40,50,55H,16,21H2,1-4H3. The van der Waals surface area contributed by atoms with Gasteiger partial charge in [-0.3, -0.25) is 28.8 Å². The highest BCUT2D eigenvalue weighted by Gasteiger charge is 2.68. The summed E-state index contributed by atoms with van der Waals surface area (Å²) in [6.07, 6.45) is 2.37. The number of ether oxygens (including phenoxy) is 1. The summed E-state index contributed by atoms with van der Waals surface area (Å²) >= 11 is 11.5. The Bertz CT molecular complexity index is 2890. The summed E-state index contributed by atoms with van der Waals surface area (Å²) in [5, 5.41) is 21.6. The van der Waals surface area contributed by atoms with Gasteiger partial charge in [0.15, 0.2) is 11.5 Å². The van der Waals surface area contributed by atoms with Gasteiger partial charge in [-0.05, 0) is 110 Å². The molecule has 4 amide bonds. The smallest absolute Gasteiger partial charge is 0.242 e. The number of thiophene rings is 1. The molecular weight excluding hydrogens is 878 g/mol. The number of anilines is 4. The van der Waals surface area contributed by atoms with E-state index in [4.69, 9.17) is 21.4 Å². The Morgan fingerprint density at radius 2 is 1.66 bits per heavy atom. The molecular formula is C47H39BrClN5O6S. The molecule has 2 aliphatic carbocycles. The molecule has 11 nitrogen and oxygen atoms in total. The third-order valence-electron chi connectivity index (χ3n) is 13.3. The number of nitrogens with zero attached hydrogens (tertiary/aromatic N) is 4. The average molecular weight is 917 g/mol. The first-order valence-corrected chi connectivity index (χ1v) is 22.0. The molecule has 6 atom stereocenters. The summed E-state index contributed by atoms with van der Waals surface area (Å²) in [4.78, 5) is 62.8. The van der Waals surface area contributed by atoms with E-state index >= 15 is 9.59 Å².